The highest BCUT2D eigenvalue weighted by Gasteiger charge is 2.14. The Bertz CT molecular complexity index is 464. The largest absolute Gasteiger partial charge is 0.395 e. The lowest BCUT2D eigenvalue weighted by atomic mass is 10.3. The highest BCUT2D eigenvalue weighted by molar-refractivity contribution is 7.10. The smallest absolute Gasteiger partial charge is 0.104 e. The first-order valence-electron chi connectivity index (χ1n) is 7.04. The van der Waals surface area contributed by atoms with Crippen LogP contribution in [0.4, 0.5) is 0 Å². The van der Waals surface area contributed by atoms with Crippen molar-refractivity contribution in [2.24, 2.45) is 0 Å². The monoisotopic (exact) mass is 294 g/mol. The van der Waals surface area contributed by atoms with E-state index in [4.69, 9.17) is 10.2 Å². The van der Waals surface area contributed by atoms with Gasteiger partial charge in [-0.2, -0.15) is 0 Å². The van der Waals surface area contributed by atoms with Crippen LogP contribution in [0.25, 0.3) is 0 Å². The summed E-state index contributed by atoms with van der Waals surface area (Å²) in [6.07, 6.45) is 1.16. The number of rotatable bonds is 4. The topological polar surface area (TPSA) is 46.9 Å². The minimum Gasteiger partial charge on any atom is -0.395 e. The molecule has 110 valence electrons. The van der Waals surface area contributed by atoms with Crippen molar-refractivity contribution in [1.82, 2.24) is 9.80 Å². The van der Waals surface area contributed by atoms with Crippen LogP contribution in [0.3, 0.4) is 0 Å². The summed E-state index contributed by atoms with van der Waals surface area (Å²) < 4.78 is 0. The van der Waals surface area contributed by atoms with Gasteiger partial charge in [0.2, 0.25) is 0 Å². The van der Waals surface area contributed by atoms with E-state index in [1.807, 2.05) is 5.38 Å². The Hall–Kier alpha value is -0.900. The zero-order valence-corrected chi connectivity index (χ0v) is 12.5. The Morgan fingerprint density at radius 3 is 2.75 bits per heavy atom. The van der Waals surface area contributed by atoms with Gasteiger partial charge >= 0.3 is 0 Å². The van der Waals surface area contributed by atoms with Gasteiger partial charge in [0.25, 0.3) is 0 Å². The van der Waals surface area contributed by atoms with E-state index in [1.165, 1.54) is 4.88 Å². The van der Waals surface area contributed by atoms with Crippen LogP contribution in [0.15, 0.2) is 11.4 Å². The van der Waals surface area contributed by atoms with E-state index in [1.54, 1.807) is 11.3 Å². The maximum atomic E-state index is 9.00. The van der Waals surface area contributed by atoms with E-state index < -0.39 is 0 Å². The zero-order valence-electron chi connectivity index (χ0n) is 11.7. The van der Waals surface area contributed by atoms with Gasteiger partial charge in [0.15, 0.2) is 0 Å². The second-order valence-electron chi connectivity index (χ2n) is 4.96. The molecular weight excluding hydrogens is 272 g/mol. The second kappa shape index (κ2) is 8.40. The number of nitrogens with zero attached hydrogens (tertiary/aromatic N) is 2. The van der Waals surface area contributed by atoms with Crippen molar-refractivity contribution in [2.45, 2.75) is 13.0 Å². The molecule has 0 aromatic carbocycles. The quantitative estimate of drug-likeness (QED) is 0.798. The third kappa shape index (κ3) is 4.89. The van der Waals surface area contributed by atoms with Crippen LogP contribution in [0.1, 0.15) is 16.9 Å². The van der Waals surface area contributed by atoms with Crippen molar-refractivity contribution in [2.75, 3.05) is 45.9 Å². The van der Waals surface area contributed by atoms with Crippen LogP contribution in [-0.4, -0.2) is 66.0 Å². The van der Waals surface area contributed by atoms with Gasteiger partial charge in [0.1, 0.15) is 6.61 Å². The summed E-state index contributed by atoms with van der Waals surface area (Å²) in [7, 11) is 0. The van der Waals surface area contributed by atoms with Crippen LogP contribution < -0.4 is 0 Å². The number of hydrogen-bond donors (Lipinski definition) is 2. The molecule has 2 heterocycles. The first-order chi connectivity index (χ1) is 9.81. The highest BCUT2D eigenvalue weighted by atomic mass is 32.1. The Kier molecular flexibility index (Phi) is 6.51. The van der Waals surface area contributed by atoms with E-state index in [0.717, 1.165) is 51.3 Å². The fourth-order valence-electron chi connectivity index (χ4n) is 2.44. The van der Waals surface area contributed by atoms with Gasteiger partial charge in [-0.15, -0.1) is 11.3 Å². The normalized spacial score (nSPS) is 17.5. The molecule has 0 spiro atoms. The molecule has 0 atom stereocenters. The third-order valence-corrected chi connectivity index (χ3v) is 4.36. The van der Waals surface area contributed by atoms with Gasteiger partial charge in [-0.05, 0) is 25.6 Å². The SMILES string of the molecule is OCC#Cc1csc(CN2CCCN(CCO)CC2)c1. The average Bonchev–Trinajstić information content (AvgIpc) is 2.77. The maximum absolute atomic E-state index is 9.00. The summed E-state index contributed by atoms with van der Waals surface area (Å²) in [5.41, 5.74) is 0.996. The predicted molar refractivity (Wildman–Crippen MR) is 81.7 cm³/mol. The number of hydrogen-bond acceptors (Lipinski definition) is 5. The Labute approximate surface area is 124 Å². The van der Waals surface area contributed by atoms with E-state index in [0.29, 0.717) is 0 Å². The molecule has 2 rings (SSSR count). The number of β-amino-alcohol motifs (C(OH)–C–C–N with tert-alkyl or cyclic N) is 1. The van der Waals surface area contributed by atoms with Gasteiger partial charge < -0.3 is 10.2 Å². The number of thiophene rings is 1. The third-order valence-electron chi connectivity index (χ3n) is 3.44. The molecule has 1 aliphatic heterocycles. The van der Waals surface area contributed by atoms with Crippen LogP contribution in [0.2, 0.25) is 0 Å². The molecule has 5 heteroatoms. The van der Waals surface area contributed by atoms with Gasteiger partial charge in [-0.1, -0.05) is 11.8 Å². The van der Waals surface area contributed by atoms with Crippen molar-refractivity contribution in [3.63, 3.8) is 0 Å². The van der Waals surface area contributed by atoms with Gasteiger partial charge in [0, 0.05) is 42.0 Å². The number of aliphatic hydroxyl groups is 2. The molecule has 0 bridgehead atoms. The predicted octanol–water partition coefficient (Wildman–Crippen LogP) is 0.592. The van der Waals surface area contributed by atoms with Crippen LogP contribution in [0, 0.1) is 11.8 Å². The molecule has 0 aliphatic carbocycles. The molecule has 1 fully saturated rings. The summed E-state index contributed by atoms with van der Waals surface area (Å²) in [4.78, 5) is 6.11. The first kappa shape index (κ1) is 15.5. The highest BCUT2D eigenvalue weighted by Crippen LogP contribution is 2.17. The van der Waals surface area contributed by atoms with Crippen molar-refractivity contribution < 1.29 is 10.2 Å². The van der Waals surface area contributed by atoms with Crippen molar-refractivity contribution in [3.05, 3.63) is 21.9 Å². The van der Waals surface area contributed by atoms with Gasteiger partial charge in [-0.3, -0.25) is 9.80 Å². The van der Waals surface area contributed by atoms with Crippen LogP contribution in [0.5, 0.6) is 0 Å². The van der Waals surface area contributed by atoms with E-state index in [2.05, 4.69) is 27.7 Å². The lowest BCUT2D eigenvalue weighted by molar-refractivity contribution is 0.196. The molecule has 0 saturated carbocycles. The number of aliphatic hydroxyl groups excluding tert-OH is 2. The molecule has 4 nitrogen and oxygen atoms in total. The second-order valence-corrected chi connectivity index (χ2v) is 5.95. The van der Waals surface area contributed by atoms with Crippen molar-refractivity contribution in [3.8, 4) is 11.8 Å². The minimum absolute atomic E-state index is 0.0853. The van der Waals surface area contributed by atoms with Gasteiger partial charge in [0.05, 0.1) is 6.61 Å². The van der Waals surface area contributed by atoms with E-state index in [9.17, 15) is 0 Å². The average molecular weight is 294 g/mol. The minimum atomic E-state index is -0.0853. The fourth-order valence-corrected chi connectivity index (χ4v) is 3.30. The summed E-state index contributed by atoms with van der Waals surface area (Å²) in [6, 6.07) is 2.11. The Morgan fingerprint density at radius 1 is 1.15 bits per heavy atom. The van der Waals surface area contributed by atoms with Crippen molar-refractivity contribution in [1.29, 1.82) is 0 Å². The molecular formula is C15H22N2O2S. The fraction of sp³-hybridized carbons (Fsp3) is 0.600. The summed E-state index contributed by atoms with van der Waals surface area (Å²) >= 11 is 1.73. The maximum Gasteiger partial charge on any atom is 0.104 e. The molecule has 0 unspecified atom stereocenters. The molecule has 2 N–H and O–H groups in total. The molecule has 1 saturated heterocycles. The van der Waals surface area contributed by atoms with Gasteiger partial charge in [-0.25, -0.2) is 0 Å². The summed E-state index contributed by atoms with van der Waals surface area (Å²) in [6.45, 7) is 6.19. The van der Waals surface area contributed by atoms with Crippen LogP contribution >= 0.6 is 11.3 Å². The lowest BCUT2D eigenvalue weighted by Gasteiger charge is -2.20. The molecule has 1 aromatic rings. The first-order valence-corrected chi connectivity index (χ1v) is 7.92. The Balaban J connectivity index is 1.85. The van der Waals surface area contributed by atoms with E-state index in [-0.39, 0.29) is 13.2 Å². The zero-order chi connectivity index (χ0) is 14.2. The molecule has 0 radical (unpaired) electrons. The summed E-state index contributed by atoms with van der Waals surface area (Å²) in [5, 5.41) is 19.7. The lowest BCUT2D eigenvalue weighted by Crippen LogP contribution is -2.32. The standard InChI is InChI=1S/C15H22N2O2S/c18-9-1-3-14-11-15(20-13-14)12-17-5-2-4-16(6-7-17)8-10-19/h11,13,18-19H,2,4-10,12H2. The van der Waals surface area contributed by atoms with E-state index >= 15 is 0 Å². The molecule has 0 amide bonds. The molecule has 20 heavy (non-hydrogen) atoms. The van der Waals surface area contributed by atoms with Crippen LogP contribution in [-0.2, 0) is 6.54 Å². The molecule has 1 aromatic heterocycles. The van der Waals surface area contributed by atoms with Crippen molar-refractivity contribution >= 4 is 11.3 Å². The molecule has 1 aliphatic rings. The Morgan fingerprint density at radius 2 is 1.95 bits per heavy atom. The summed E-state index contributed by atoms with van der Waals surface area (Å²) in [5.74, 6) is 5.62.